The first-order valence-electron chi connectivity index (χ1n) is 25.2. The van der Waals surface area contributed by atoms with Gasteiger partial charge in [-0.2, -0.15) is 0 Å². The number of hydrogen-bond acceptors (Lipinski definition) is 3. The molecule has 0 spiro atoms. The van der Waals surface area contributed by atoms with Crippen LogP contribution in [-0.4, -0.2) is 19.6 Å². The van der Waals surface area contributed by atoms with Crippen molar-refractivity contribution in [2.75, 3.05) is 0 Å². The first-order chi connectivity index (χ1) is 34.4. The number of aromatic nitrogens is 3. The fourth-order valence-electron chi connectivity index (χ4n) is 10.1. The van der Waals surface area contributed by atoms with Crippen LogP contribution in [0.2, 0.25) is 0 Å². The van der Waals surface area contributed by atoms with Gasteiger partial charge in [-0.25, -0.2) is 4.98 Å². The monoisotopic (exact) mass is 1130 g/mol. The molecule has 0 unspecified atom stereocenters. The first kappa shape index (κ1) is 50.8. The van der Waals surface area contributed by atoms with Gasteiger partial charge in [-0.15, -0.1) is 29.3 Å². The summed E-state index contributed by atoms with van der Waals surface area (Å²) in [5.41, 5.74) is 17.9. The van der Waals surface area contributed by atoms with Crippen LogP contribution in [0.4, 0.5) is 0 Å². The van der Waals surface area contributed by atoms with Crippen molar-refractivity contribution in [3.63, 3.8) is 0 Å². The van der Waals surface area contributed by atoms with Gasteiger partial charge >= 0.3 is 0 Å². The summed E-state index contributed by atoms with van der Waals surface area (Å²) in [4.78, 5) is 10.6. The van der Waals surface area contributed by atoms with E-state index in [0.29, 0.717) is 11.4 Å². The molecule has 368 valence electrons. The standard InChI is InChI=1S/C68H64N3O.Pt/c1-65(2,3)53-33-35-60(57(43-53)46-21-14-11-15-22-46)71-61-28-20-27-56(63(61)70-64(71)58-44-54(66(4,5)6)34-36-62(58)72)48-39-49(41-55(40-48)67(7,8)9)59-42-47(37-38-69-59)45-29-31-52(32-30-45)68(10,50-23-16-12-17-24-50)51-25-18-13-19-26-51;/h11-38,40-44,72H,1-10H3;/q-1;. The summed E-state index contributed by atoms with van der Waals surface area (Å²) in [5.74, 6) is 0.849. The van der Waals surface area contributed by atoms with Gasteiger partial charge in [0.15, 0.2) is 0 Å². The summed E-state index contributed by atoms with van der Waals surface area (Å²) < 4.78 is 2.25. The number of phenolic OH excluding ortho intramolecular Hbond substituents is 1. The van der Waals surface area contributed by atoms with Gasteiger partial charge in [0.25, 0.3) is 0 Å². The zero-order valence-corrected chi connectivity index (χ0v) is 45.9. The van der Waals surface area contributed by atoms with Gasteiger partial charge in [0.2, 0.25) is 0 Å². The molecule has 1 N–H and O–H groups in total. The van der Waals surface area contributed by atoms with Gasteiger partial charge in [-0.05, 0) is 104 Å². The summed E-state index contributed by atoms with van der Waals surface area (Å²) in [7, 11) is 0. The molecule has 8 aromatic carbocycles. The van der Waals surface area contributed by atoms with E-state index in [1.54, 1.807) is 0 Å². The van der Waals surface area contributed by atoms with Crippen molar-refractivity contribution in [2.24, 2.45) is 0 Å². The second-order valence-corrected chi connectivity index (χ2v) is 22.6. The van der Waals surface area contributed by atoms with Crippen LogP contribution in [0.15, 0.2) is 200 Å². The van der Waals surface area contributed by atoms with Crippen LogP contribution in [0.3, 0.4) is 0 Å². The number of pyridine rings is 1. The third kappa shape index (κ3) is 9.91. The van der Waals surface area contributed by atoms with Crippen LogP contribution in [-0.2, 0) is 42.7 Å². The zero-order valence-electron chi connectivity index (χ0n) is 43.7. The first-order valence-corrected chi connectivity index (χ1v) is 25.2. The Hall–Kier alpha value is -7.13. The molecule has 0 aliphatic heterocycles. The second kappa shape index (κ2) is 19.7. The van der Waals surface area contributed by atoms with Crippen molar-refractivity contribution in [1.82, 2.24) is 14.5 Å². The average molecular weight is 1130 g/mol. The number of imidazole rings is 1. The molecule has 2 aromatic heterocycles. The van der Waals surface area contributed by atoms with Gasteiger partial charge < -0.3 is 5.11 Å². The normalized spacial score (nSPS) is 12.2. The molecule has 0 amide bonds. The van der Waals surface area contributed by atoms with Gasteiger partial charge in [0, 0.05) is 43.9 Å². The third-order valence-electron chi connectivity index (χ3n) is 14.5. The third-order valence-corrected chi connectivity index (χ3v) is 14.5. The second-order valence-electron chi connectivity index (χ2n) is 22.6. The van der Waals surface area contributed by atoms with Crippen molar-refractivity contribution < 1.29 is 26.2 Å². The molecule has 2 heterocycles. The summed E-state index contributed by atoms with van der Waals surface area (Å²) in [6.07, 6.45) is 1.91. The Bertz CT molecular complexity index is 3540. The van der Waals surface area contributed by atoms with Gasteiger partial charge in [0.05, 0.1) is 22.3 Å². The molecule has 0 saturated carbocycles. The molecule has 0 radical (unpaired) electrons. The number of fused-ring (bicyclic) bond motifs is 1. The fourth-order valence-corrected chi connectivity index (χ4v) is 10.1. The molecule has 4 nitrogen and oxygen atoms in total. The Morgan fingerprint density at radius 3 is 1.56 bits per heavy atom. The Kier molecular flexibility index (Phi) is 13.7. The smallest absolute Gasteiger partial charge is 0.148 e. The van der Waals surface area contributed by atoms with E-state index in [2.05, 4.69) is 262 Å². The molecular weight excluding hydrogens is 1070 g/mol. The Morgan fingerprint density at radius 1 is 0.425 bits per heavy atom. The summed E-state index contributed by atoms with van der Waals surface area (Å²) >= 11 is 0. The Morgan fingerprint density at radius 2 is 0.959 bits per heavy atom. The molecule has 0 aliphatic carbocycles. The summed E-state index contributed by atoms with van der Waals surface area (Å²) in [6.45, 7) is 22.5. The van der Waals surface area contributed by atoms with Gasteiger partial charge in [0.1, 0.15) is 11.6 Å². The minimum atomic E-state index is -0.333. The molecule has 5 heteroatoms. The van der Waals surface area contributed by atoms with E-state index >= 15 is 0 Å². The number of hydrogen-bond donors (Lipinski definition) is 1. The predicted molar refractivity (Wildman–Crippen MR) is 301 cm³/mol. The molecule has 0 bridgehead atoms. The van der Waals surface area contributed by atoms with E-state index in [-0.39, 0.29) is 48.5 Å². The molecular formula is C68H64N3OPt-. The van der Waals surface area contributed by atoms with E-state index in [1.165, 1.54) is 27.8 Å². The topological polar surface area (TPSA) is 50.9 Å². The van der Waals surface area contributed by atoms with Crippen LogP contribution in [0.1, 0.15) is 103 Å². The van der Waals surface area contributed by atoms with Crippen LogP contribution in [0, 0.1) is 6.07 Å². The molecule has 10 rings (SSSR count). The molecule has 10 aromatic rings. The van der Waals surface area contributed by atoms with E-state index in [4.69, 9.17) is 9.97 Å². The Balaban J connectivity index is 0.00000656. The molecule has 73 heavy (non-hydrogen) atoms. The molecule has 0 saturated heterocycles. The number of benzene rings is 8. The maximum absolute atomic E-state index is 11.8. The molecule has 0 aliphatic rings. The van der Waals surface area contributed by atoms with Crippen molar-refractivity contribution >= 4 is 11.0 Å². The van der Waals surface area contributed by atoms with Gasteiger partial charge in [-0.1, -0.05) is 219 Å². The molecule has 0 fully saturated rings. The van der Waals surface area contributed by atoms with Crippen LogP contribution in [0.5, 0.6) is 5.75 Å². The SMILES string of the molecule is CC(C)(C)c1cc(-c2cc(-c3ccc(C(C)(c4ccccc4)c4ccccc4)cc3)ccn2)[c-]c(-c2cccc3c2nc(-c2cc(C(C)(C)C)ccc2O)n3-c2ccc(C(C)(C)C)cc2-c2ccccc2)c1.[Pt]. The summed E-state index contributed by atoms with van der Waals surface area (Å²) in [6, 6.07) is 73.0. The van der Waals surface area contributed by atoms with E-state index < -0.39 is 0 Å². The fraction of sp³-hybridized carbons (Fsp3) is 0.206. The number of aromatic hydroxyl groups is 1. The van der Waals surface area contributed by atoms with Crippen molar-refractivity contribution in [3.05, 3.63) is 240 Å². The number of nitrogens with zero attached hydrogens (tertiary/aromatic N) is 3. The zero-order chi connectivity index (χ0) is 50.6. The number of para-hydroxylation sites is 1. The van der Waals surface area contributed by atoms with Crippen molar-refractivity contribution in [2.45, 2.75) is 90.9 Å². The van der Waals surface area contributed by atoms with E-state index in [9.17, 15) is 5.11 Å². The maximum Gasteiger partial charge on any atom is 0.148 e. The van der Waals surface area contributed by atoms with Crippen LogP contribution >= 0.6 is 0 Å². The summed E-state index contributed by atoms with van der Waals surface area (Å²) in [5, 5.41) is 11.8. The van der Waals surface area contributed by atoms with Crippen molar-refractivity contribution in [3.8, 4) is 67.5 Å². The Labute approximate surface area is 447 Å². The maximum atomic E-state index is 11.8. The number of rotatable bonds is 9. The minimum Gasteiger partial charge on any atom is -0.507 e. The number of phenols is 1. The van der Waals surface area contributed by atoms with E-state index in [0.717, 1.165) is 66.9 Å². The predicted octanol–water partition coefficient (Wildman–Crippen LogP) is 17.5. The molecule has 0 atom stereocenters. The van der Waals surface area contributed by atoms with Crippen LogP contribution < -0.4 is 0 Å². The van der Waals surface area contributed by atoms with Gasteiger partial charge in [-0.3, -0.25) is 9.55 Å². The quantitative estimate of drug-likeness (QED) is 0.116. The van der Waals surface area contributed by atoms with Crippen LogP contribution in [0.25, 0.3) is 72.7 Å². The van der Waals surface area contributed by atoms with Crippen molar-refractivity contribution in [1.29, 1.82) is 0 Å². The minimum absolute atomic E-state index is 0. The largest absolute Gasteiger partial charge is 0.507 e. The average Bonchev–Trinajstić information content (AvgIpc) is 3.77. The van der Waals surface area contributed by atoms with E-state index in [1.807, 2.05) is 18.3 Å².